The number of halogens is 1. The molecule has 2 N–H and O–H groups in total. The minimum Gasteiger partial charge on any atom is -0.396 e. The highest BCUT2D eigenvalue weighted by atomic mass is 32.2. The molecule has 1 rings (SSSR count). The van der Waals surface area contributed by atoms with Crippen LogP contribution in [0.25, 0.3) is 0 Å². The molecule has 0 aromatic heterocycles. The summed E-state index contributed by atoms with van der Waals surface area (Å²) in [5, 5.41) is 19.5. The number of aliphatic hydroxyl groups excluding tert-OH is 1. The van der Waals surface area contributed by atoms with Gasteiger partial charge in [-0.15, -0.1) is 0 Å². The summed E-state index contributed by atoms with van der Waals surface area (Å²) in [5.74, 6) is -1.22. The lowest BCUT2D eigenvalue weighted by atomic mass is 9.97. The maximum atomic E-state index is 13.5. The molecule has 0 aliphatic carbocycles. The first-order chi connectivity index (χ1) is 9.65. The monoisotopic (exact) mass is 320 g/mol. The number of nitrogens with one attached hydrogen (secondary N) is 1. The summed E-state index contributed by atoms with van der Waals surface area (Å²) >= 11 is 0. The van der Waals surface area contributed by atoms with Crippen LogP contribution in [0.1, 0.15) is 26.7 Å². The molecule has 0 aliphatic heterocycles. The highest BCUT2D eigenvalue weighted by Gasteiger charge is 2.29. The highest BCUT2D eigenvalue weighted by molar-refractivity contribution is 7.89. The van der Waals surface area contributed by atoms with E-state index in [0.29, 0.717) is 12.5 Å². The lowest BCUT2D eigenvalue weighted by Crippen LogP contribution is -2.46. The summed E-state index contributed by atoms with van der Waals surface area (Å²) in [6.07, 6.45) is 0.612. The summed E-state index contributed by atoms with van der Waals surface area (Å²) in [4.78, 5) is 9.19. The zero-order valence-electron chi connectivity index (χ0n) is 11.7. The molecular formula is C12H17FN2O5S. The number of sulfonamides is 1. The summed E-state index contributed by atoms with van der Waals surface area (Å²) in [6.45, 7) is 3.15. The first kappa shape index (κ1) is 17.5. The molecule has 1 aromatic carbocycles. The third-order valence-electron chi connectivity index (χ3n) is 3.25. The SMILES string of the molecule is CCC(C)(CCO)NS(=O)(=O)c1ccc([N+](=O)[O-])c(F)c1. The molecule has 21 heavy (non-hydrogen) atoms. The molecule has 0 saturated heterocycles. The standard InChI is InChI=1S/C12H17FN2O5S/c1-3-12(2,6-7-16)14-21(19,20)9-4-5-11(15(17)18)10(13)8-9/h4-5,8,14,16H,3,6-7H2,1-2H3. The van der Waals surface area contributed by atoms with Gasteiger partial charge in [0.1, 0.15) is 0 Å². The van der Waals surface area contributed by atoms with Gasteiger partial charge >= 0.3 is 5.69 Å². The van der Waals surface area contributed by atoms with E-state index >= 15 is 0 Å². The van der Waals surface area contributed by atoms with Crippen molar-refractivity contribution >= 4 is 15.7 Å². The number of nitro benzene ring substituents is 1. The van der Waals surface area contributed by atoms with Crippen LogP contribution < -0.4 is 4.72 Å². The normalized spacial score (nSPS) is 14.7. The van der Waals surface area contributed by atoms with Crippen molar-refractivity contribution in [3.05, 3.63) is 34.1 Å². The quantitative estimate of drug-likeness (QED) is 0.585. The molecule has 1 unspecified atom stereocenters. The van der Waals surface area contributed by atoms with E-state index in [2.05, 4.69) is 4.72 Å². The third kappa shape index (κ3) is 4.19. The number of nitrogens with zero attached hydrogens (tertiary/aromatic N) is 1. The Labute approximate surface area is 122 Å². The molecule has 0 aliphatic rings. The van der Waals surface area contributed by atoms with Crippen LogP contribution in [-0.4, -0.2) is 30.6 Å². The maximum Gasteiger partial charge on any atom is 0.304 e. The third-order valence-corrected chi connectivity index (χ3v) is 4.89. The van der Waals surface area contributed by atoms with Gasteiger partial charge in [0.15, 0.2) is 0 Å². The van der Waals surface area contributed by atoms with E-state index in [0.717, 1.165) is 12.1 Å². The van der Waals surface area contributed by atoms with Crippen molar-refractivity contribution in [1.82, 2.24) is 4.72 Å². The van der Waals surface area contributed by atoms with Crippen LogP contribution in [0, 0.1) is 15.9 Å². The van der Waals surface area contributed by atoms with Gasteiger partial charge in [0.2, 0.25) is 15.8 Å². The van der Waals surface area contributed by atoms with Gasteiger partial charge < -0.3 is 5.11 Å². The number of nitro groups is 1. The van der Waals surface area contributed by atoms with E-state index in [1.54, 1.807) is 13.8 Å². The predicted molar refractivity (Wildman–Crippen MR) is 73.8 cm³/mol. The van der Waals surface area contributed by atoms with Crippen molar-refractivity contribution in [1.29, 1.82) is 0 Å². The largest absolute Gasteiger partial charge is 0.396 e. The molecule has 0 saturated carbocycles. The topological polar surface area (TPSA) is 110 Å². The van der Waals surface area contributed by atoms with Crippen molar-refractivity contribution in [2.24, 2.45) is 0 Å². The Morgan fingerprint density at radius 1 is 1.48 bits per heavy atom. The predicted octanol–water partition coefficient (Wildman–Crippen LogP) is 1.56. The smallest absolute Gasteiger partial charge is 0.304 e. The van der Waals surface area contributed by atoms with E-state index in [4.69, 9.17) is 5.11 Å². The van der Waals surface area contributed by atoms with E-state index < -0.39 is 36.9 Å². The molecule has 0 heterocycles. The Balaban J connectivity index is 3.14. The van der Waals surface area contributed by atoms with Crippen molar-refractivity contribution < 1.29 is 22.8 Å². The average Bonchev–Trinajstić information content (AvgIpc) is 2.37. The molecule has 0 fully saturated rings. The van der Waals surface area contributed by atoms with Gasteiger partial charge in [-0.3, -0.25) is 10.1 Å². The molecular weight excluding hydrogens is 303 g/mol. The Kier molecular flexibility index (Phi) is 5.37. The molecule has 1 atom stereocenters. The summed E-state index contributed by atoms with van der Waals surface area (Å²) in [6, 6.07) is 2.38. The molecule has 7 nitrogen and oxygen atoms in total. The minimum atomic E-state index is -4.04. The van der Waals surface area contributed by atoms with Crippen molar-refractivity contribution in [2.75, 3.05) is 6.61 Å². The van der Waals surface area contributed by atoms with Gasteiger partial charge in [-0.25, -0.2) is 13.1 Å². The van der Waals surface area contributed by atoms with Crippen LogP contribution >= 0.6 is 0 Å². The van der Waals surface area contributed by atoms with E-state index in [9.17, 15) is 22.9 Å². The molecule has 0 amide bonds. The summed E-state index contributed by atoms with van der Waals surface area (Å²) in [5.41, 5.74) is -1.67. The van der Waals surface area contributed by atoms with E-state index in [-0.39, 0.29) is 13.0 Å². The van der Waals surface area contributed by atoms with Crippen molar-refractivity contribution in [3.8, 4) is 0 Å². The molecule has 118 valence electrons. The number of hydrogen-bond acceptors (Lipinski definition) is 5. The van der Waals surface area contributed by atoms with E-state index in [1.165, 1.54) is 0 Å². The number of benzene rings is 1. The van der Waals surface area contributed by atoms with Crippen LogP contribution in [-0.2, 0) is 10.0 Å². The van der Waals surface area contributed by atoms with Crippen LogP contribution in [0.5, 0.6) is 0 Å². The Hall–Kier alpha value is -1.58. The number of rotatable bonds is 7. The molecule has 0 bridgehead atoms. The number of hydrogen-bond donors (Lipinski definition) is 2. The molecule has 1 aromatic rings. The highest BCUT2D eigenvalue weighted by Crippen LogP contribution is 2.23. The van der Waals surface area contributed by atoms with Gasteiger partial charge in [0.05, 0.1) is 9.82 Å². The van der Waals surface area contributed by atoms with Crippen molar-refractivity contribution in [3.63, 3.8) is 0 Å². The summed E-state index contributed by atoms with van der Waals surface area (Å²) in [7, 11) is -4.04. The minimum absolute atomic E-state index is 0.193. The lowest BCUT2D eigenvalue weighted by molar-refractivity contribution is -0.387. The molecule has 0 spiro atoms. The van der Waals surface area contributed by atoms with Crippen LogP contribution in [0.3, 0.4) is 0 Å². The van der Waals surface area contributed by atoms with Gasteiger partial charge in [-0.1, -0.05) is 6.92 Å². The van der Waals surface area contributed by atoms with Crippen molar-refractivity contribution in [2.45, 2.75) is 37.1 Å². The molecule has 9 heteroatoms. The van der Waals surface area contributed by atoms with Gasteiger partial charge in [-0.2, -0.15) is 4.39 Å². The van der Waals surface area contributed by atoms with Gasteiger partial charge in [-0.05, 0) is 25.8 Å². The van der Waals surface area contributed by atoms with Crippen LogP contribution in [0.15, 0.2) is 23.1 Å². The van der Waals surface area contributed by atoms with Crippen LogP contribution in [0.2, 0.25) is 0 Å². The summed E-state index contributed by atoms with van der Waals surface area (Å²) < 4.78 is 40.3. The van der Waals surface area contributed by atoms with E-state index in [1.807, 2.05) is 0 Å². The Morgan fingerprint density at radius 2 is 2.10 bits per heavy atom. The van der Waals surface area contributed by atoms with Crippen LogP contribution in [0.4, 0.5) is 10.1 Å². The second-order valence-corrected chi connectivity index (χ2v) is 6.55. The maximum absolute atomic E-state index is 13.5. The zero-order valence-corrected chi connectivity index (χ0v) is 12.5. The fraction of sp³-hybridized carbons (Fsp3) is 0.500. The zero-order chi connectivity index (χ0) is 16.3. The fourth-order valence-electron chi connectivity index (χ4n) is 1.73. The second-order valence-electron chi connectivity index (χ2n) is 4.86. The Bertz CT molecular complexity index is 635. The first-order valence-corrected chi connectivity index (χ1v) is 7.72. The average molecular weight is 320 g/mol. The second kappa shape index (κ2) is 6.46. The van der Waals surface area contributed by atoms with Gasteiger partial charge in [0.25, 0.3) is 0 Å². The molecule has 0 radical (unpaired) electrons. The lowest BCUT2D eigenvalue weighted by Gasteiger charge is -2.28. The Morgan fingerprint density at radius 3 is 2.52 bits per heavy atom. The first-order valence-electron chi connectivity index (χ1n) is 6.24. The van der Waals surface area contributed by atoms with Gasteiger partial charge in [0, 0.05) is 24.3 Å². The fourth-order valence-corrected chi connectivity index (χ4v) is 3.25. The number of aliphatic hydroxyl groups is 1.